The summed E-state index contributed by atoms with van der Waals surface area (Å²) in [6, 6.07) is 23.8. The molecule has 10 rings (SSSR count). The summed E-state index contributed by atoms with van der Waals surface area (Å²) < 4.78 is 5.30. The van der Waals surface area contributed by atoms with Crippen molar-refractivity contribution in [1.29, 1.82) is 0 Å². The van der Waals surface area contributed by atoms with Gasteiger partial charge in [-0.3, -0.25) is 0 Å². The van der Waals surface area contributed by atoms with Crippen molar-refractivity contribution in [2.24, 2.45) is 35.0 Å². The zero-order valence-electron chi connectivity index (χ0n) is 30.3. The number of hydrogen-bond acceptors (Lipinski definition) is 0. The van der Waals surface area contributed by atoms with E-state index in [2.05, 4.69) is 121 Å². The van der Waals surface area contributed by atoms with Gasteiger partial charge >= 0.3 is 292 Å². The second-order valence-electron chi connectivity index (χ2n) is 16.6. The van der Waals surface area contributed by atoms with E-state index in [0.29, 0.717) is 11.3 Å². The van der Waals surface area contributed by atoms with Gasteiger partial charge in [-0.1, -0.05) is 0 Å². The molecule has 6 aliphatic rings. The number of fused-ring (bicyclic) bond motifs is 4. The largest absolute Gasteiger partial charge is 1.00 e. The Kier molecular flexibility index (Phi) is 9.29. The minimum atomic E-state index is -2.66. The first-order valence-electron chi connectivity index (χ1n) is 18.5. The van der Waals surface area contributed by atoms with Crippen LogP contribution >= 0.6 is 0 Å². The molecule has 6 aliphatic carbocycles. The summed E-state index contributed by atoms with van der Waals surface area (Å²) in [5.41, 5.74) is 15.7. The van der Waals surface area contributed by atoms with Crippen molar-refractivity contribution >= 4 is 17.2 Å². The molecule has 1 atom stereocenters. The van der Waals surface area contributed by atoms with Crippen LogP contribution in [0.2, 0.25) is 0 Å². The fourth-order valence-corrected chi connectivity index (χ4v) is 19.8. The predicted molar refractivity (Wildman–Crippen MR) is 197 cm³/mol. The molecule has 1 unspecified atom stereocenters. The van der Waals surface area contributed by atoms with Crippen LogP contribution in [-0.2, 0) is 27.7 Å². The normalized spacial score (nSPS) is 27.6. The molecule has 4 bridgehead atoms. The maximum Gasteiger partial charge on any atom is -1.00 e. The number of aryl methyl sites for hydroxylation is 3. The van der Waals surface area contributed by atoms with Gasteiger partial charge in [0.25, 0.3) is 0 Å². The third kappa shape index (κ3) is 5.42. The number of benzene rings is 4. The van der Waals surface area contributed by atoms with Crippen LogP contribution in [0.15, 0.2) is 81.7 Å². The van der Waals surface area contributed by atoms with Crippen LogP contribution in [0, 0.1) is 62.7 Å². The molecule has 0 radical (unpaired) electrons. The second kappa shape index (κ2) is 12.9. The van der Waals surface area contributed by atoms with Crippen LogP contribution in [-0.4, -0.2) is 3.21 Å². The van der Waals surface area contributed by atoms with E-state index in [1.807, 2.05) is 3.28 Å². The van der Waals surface area contributed by atoms with Gasteiger partial charge in [-0.05, 0) is 0 Å². The standard InChI is InChI=1S/C17H23.C17H17.C12H10.2ClH.Zr/c1-11-3-4-14(5-11)17(2)15-7-12-6-13(9-15)10-16(17)8-12;1-10-5-14-9-15-6-11(2)13(4)8-17(15)16(14)7-12(10)3;1-2-10-7-8-11-5-3-4-6-12(11)9-10;;;/h4-5,11-13,15-16H,6-10H2,1-2H3;5,7-8H,9H2,1-4H3;3-9H,1H3;2*1H;/q;;;;;+2/p-2. The topological polar surface area (TPSA) is 0 Å². The van der Waals surface area contributed by atoms with E-state index >= 15 is 0 Å². The van der Waals surface area contributed by atoms with E-state index in [1.165, 1.54) is 81.8 Å². The van der Waals surface area contributed by atoms with Crippen LogP contribution in [0.25, 0.3) is 21.9 Å². The number of allylic oxidation sites excluding steroid dienone is 4. The molecule has 4 fully saturated rings. The quantitative estimate of drug-likeness (QED) is 0.241. The summed E-state index contributed by atoms with van der Waals surface area (Å²) in [5, 5.41) is 2.71. The summed E-state index contributed by atoms with van der Waals surface area (Å²) in [6.45, 7) is 17.2. The Bertz CT molecular complexity index is 2080. The zero-order chi connectivity index (χ0) is 32.4. The van der Waals surface area contributed by atoms with Gasteiger partial charge in [-0.25, -0.2) is 0 Å². The molecule has 0 spiro atoms. The predicted octanol–water partition coefficient (Wildman–Crippen LogP) is 5.06. The summed E-state index contributed by atoms with van der Waals surface area (Å²) in [5.74, 6) is 4.31. The third-order valence-electron chi connectivity index (χ3n) is 14.1. The molecule has 0 aromatic heterocycles. The molecular weight excluding hydrogens is 715 g/mol. The Balaban J connectivity index is 0.00000189. The van der Waals surface area contributed by atoms with Gasteiger partial charge in [-0.15, -0.1) is 0 Å². The van der Waals surface area contributed by atoms with Gasteiger partial charge in [0.15, 0.2) is 0 Å². The average Bonchev–Trinajstić information content (AvgIpc) is 3.61. The molecule has 3 heteroatoms. The van der Waals surface area contributed by atoms with Crippen molar-refractivity contribution in [3.63, 3.8) is 0 Å². The zero-order valence-corrected chi connectivity index (χ0v) is 34.3. The smallest absolute Gasteiger partial charge is 1.00 e. The van der Waals surface area contributed by atoms with Gasteiger partial charge in [0.2, 0.25) is 0 Å². The van der Waals surface area contributed by atoms with Crippen LogP contribution in [0.4, 0.5) is 0 Å². The van der Waals surface area contributed by atoms with E-state index in [9.17, 15) is 0 Å². The minimum Gasteiger partial charge on any atom is -1.00 e. The molecule has 0 amide bonds. The van der Waals surface area contributed by atoms with Crippen LogP contribution in [0.1, 0.15) is 91.8 Å². The SMILES string of the molecule is C/[C](c1ccc2ccccc2c1)=[Zr+2](\[C]1=CC(C2(C)C3CC4CC(C3)CC2C4)=CC1C)[c]1c(C)c(C)cc2c1Cc1cc(C)c(C)cc1-2.[Cl-].[Cl-]. The van der Waals surface area contributed by atoms with E-state index in [1.54, 1.807) is 23.2 Å². The van der Waals surface area contributed by atoms with Crippen molar-refractivity contribution in [1.82, 2.24) is 0 Å². The molecular formula is C46H50Cl2Zr. The van der Waals surface area contributed by atoms with Crippen molar-refractivity contribution in [2.45, 2.75) is 87.0 Å². The molecule has 252 valence electrons. The van der Waals surface area contributed by atoms with Crippen LogP contribution in [0.3, 0.4) is 0 Å². The third-order valence-corrected chi connectivity index (χ3v) is 22.5. The number of hydrogen-bond donors (Lipinski definition) is 0. The fraction of sp³-hybridized carbons (Fsp3) is 0.413. The van der Waals surface area contributed by atoms with E-state index in [0.717, 1.165) is 30.1 Å². The van der Waals surface area contributed by atoms with E-state index in [4.69, 9.17) is 0 Å². The molecule has 0 aliphatic heterocycles. The molecule has 4 aromatic rings. The van der Waals surface area contributed by atoms with Gasteiger partial charge < -0.3 is 24.8 Å². The van der Waals surface area contributed by atoms with E-state index in [-0.39, 0.29) is 24.8 Å². The summed E-state index contributed by atoms with van der Waals surface area (Å²) in [6.07, 6.45) is 14.2. The minimum absolute atomic E-state index is 0. The first-order valence-corrected chi connectivity index (χ1v) is 22.2. The van der Waals surface area contributed by atoms with Gasteiger partial charge in [0.1, 0.15) is 0 Å². The number of rotatable bonds is 4. The molecule has 4 saturated carbocycles. The molecule has 0 nitrogen and oxygen atoms in total. The summed E-state index contributed by atoms with van der Waals surface area (Å²) in [4.78, 5) is 0. The van der Waals surface area contributed by atoms with Crippen LogP contribution < -0.4 is 28.1 Å². The molecule has 0 N–H and O–H groups in total. The van der Waals surface area contributed by atoms with Gasteiger partial charge in [0, 0.05) is 0 Å². The van der Waals surface area contributed by atoms with Crippen molar-refractivity contribution in [2.75, 3.05) is 0 Å². The Morgan fingerprint density at radius 2 is 1.37 bits per heavy atom. The maximum absolute atomic E-state index is 2.84. The Labute approximate surface area is 314 Å². The van der Waals surface area contributed by atoms with Gasteiger partial charge in [0.05, 0.1) is 0 Å². The molecule has 4 aromatic carbocycles. The molecule has 0 heterocycles. The van der Waals surface area contributed by atoms with Crippen LogP contribution in [0.5, 0.6) is 0 Å². The Morgan fingerprint density at radius 1 is 0.735 bits per heavy atom. The van der Waals surface area contributed by atoms with Crippen molar-refractivity contribution in [3.8, 4) is 11.1 Å². The second-order valence-corrected chi connectivity index (χ2v) is 23.0. The molecule has 0 saturated heterocycles. The average molecular weight is 765 g/mol. The number of halogens is 2. The monoisotopic (exact) mass is 762 g/mol. The Hall–Kier alpha value is -2.05. The molecule has 49 heavy (non-hydrogen) atoms. The first kappa shape index (κ1) is 35.4. The first-order chi connectivity index (χ1) is 22.6. The maximum atomic E-state index is 2.84. The van der Waals surface area contributed by atoms with Crippen molar-refractivity contribution in [3.05, 3.63) is 121 Å². The van der Waals surface area contributed by atoms with Gasteiger partial charge in [-0.2, -0.15) is 0 Å². The summed E-state index contributed by atoms with van der Waals surface area (Å²) in [7, 11) is 0. The summed E-state index contributed by atoms with van der Waals surface area (Å²) >= 11 is -2.66. The Morgan fingerprint density at radius 3 is 2.06 bits per heavy atom. The van der Waals surface area contributed by atoms with Crippen molar-refractivity contribution < 1.29 is 46.1 Å². The van der Waals surface area contributed by atoms with E-state index < -0.39 is 21.3 Å². The fourth-order valence-electron chi connectivity index (χ4n) is 11.3.